The molecule has 0 radical (unpaired) electrons. The molecule has 46 heavy (non-hydrogen) atoms. The topological polar surface area (TPSA) is 71.3 Å². The van der Waals surface area contributed by atoms with Gasteiger partial charge in [-0.3, -0.25) is 9.59 Å². The lowest BCUT2D eigenvalue weighted by Gasteiger charge is -2.25. The van der Waals surface area contributed by atoms with Crippen molar-refractivity contribution in [2.24, 2.45) is 0 Å². The number of para-hydroxylation sites is 2. The van der Waals surface area contributed by atoms with Crippen molar-refractivity contribution < 1.29 is 18.7 Å². The number of nitrogens with one attached hydrogen (secondary N) is 1. The van der Waals surface area contributed by atoms with Crippen molar-refractivity contribution in [2.75, 3.05) is 13.2 Å². The lowest BCUT2D eigenvalue weighted by molar-refractivity contribution is -0.121. The Morgan fingerprint density at radius 3 is 2.00 bits per heavy atom. The van der Waals surface area contributed by atoms with Crippen molar-refractivity contribution in [1.29, 1.82) is 0 Å². The summed E-state index contributed by atoms with van der Waals surface area (Å²) < 4.78 is 31.2. The first-order valence-corrected chi connectivity index (χ1v) is 14.9. The van der Waals surface area contributed by atoms with Gasteiger partial charge < -0.3 is 15.0 Å². The van der Waals surface area contributed by atoms with Crippen molar-refractivity contribution in [3.63, 3.8) is 0 Å². The molecule has 5 aromatic carbocycles. The molecule has 1 heterocycles. The molecular formula is C39H30F2N2O3. The molecule has 0 fully saturated rings. The number of aliphatic hydroxyl groups excluding tert-OH is 1. The first kappa shape index (κ1) is 30.6. The van der Waals surface area contributed by atoms with Crippen LogP contribution in [0.4, 0.5) is 8.78 Å². The number of nitrogens with zero attached hydrogens (tertiary/aromatic N) is 1. The third-order valence-corrected chi connectivity index (χ3v) is 8.17. The second kappa shape index (κ2) is 13.7. The minimum atomic E-state index is -1.06. The van der Waals surface area contributed by atoms with Crippen molar-refractivity contribution in [3.8, 4) is 11.8 Å². The number of Topliss-reactive ketones (excluding diaryl/α,β-unsaturated/α-hetero) is 1. The molecule has 0 saturated heterocycles. The molecule has 228 valence electrons. The van der Waals surface area contributed by atoms with Crippen molar-refractivity contribution in [2.45, 2.75) is 18.5 Å². The van der Waals surface area contributed by atoms with Gasteiger partial charge in [-0.05, 0) is 59.7 Å². The van der Waals surface area contributed by atoms with E-state index >= 15 is 4.39 Å². The number of fused-ring (bicyclic) bond motifs is 2. The molecule has 0 spiro atoms. The maximum absolute atomic E-state index is 15.4. The predicted molar refractivity (Wildman–Crippen MR) is 177 cm³/mol. The number of halogens is 2. The van der Waals surface area contributed by atoms with Crippen LogP contribution < -0.4 is 10.7 Å². The Balaban J connectivity index is 1.42. The number of aliphatic hydroxyl groups is 1. The number of carbonyl (C=O) groups excluding carboxylic acids is 1. The average molecular weight is 613 g/mol. The molecule has 0 aliphatic rings. The van der Waals surface area contributed by atoms with Crippen LogP contribution in [0.25, 0.3) is 21.8 Å². The van der Waals surface area contributed by atoms with Gasteiger partial charge in [-0.2, -0.15) is 0 Å². The van der Waals surface area contributed by atoms with Gasteiger partial charge in [0.05, 0.1) is 23.6 Å². The number of pyridine rings is 1. The molecule has 2 N–H and O–H groups in total. The molecule has 6 rings (SSSR count). The Morgan fingerprint density at radius 1 is 0.761 bits per heavy atom. The van der Waals surface area contributed by atoms with E-state index in [9.17, 15) is 19.1 Å². The second-order valence-electron chi connectivity index (χ2n) is 10.9. The van der Waals surface area contributed by atoms with Crippen molar-refractivity contribution in [3.05, 3.63) is 165 Å². The van der Waals surface area contributed by atoms with E-state index in [0.717, 1.165) is 11.1 Å². The van der Waals surface area contributed by atoms with E-state index < -0.39 is 17.8 Å². The summed E-state index contributed by atoms with van der Waals surface area (Å²) in [4.78, 5) is 27.6. The predicted octanol–water partition coefficient (Wildman–Crippen LogP) is 6.51. The zero-order valence-electron chi connectivity index (χ0n) is 24.8. The maximum Gasteiger partial charge on any atom is 0.197 e. The van der Waals surface area contributed by atoms with Crippen LogP contribution in [0.5, 0.6) is 0 Å². The molecule has 0 bridgehead atoms. The van der Waals surface area contributed by atoms with E-state index in [0.29, 0.717) is 27.4 Å². The molecular weight excluding hydrogens is 582 g/mol. The van der Waals surface area contributed by atoms with E-state index in [2.05, 4.69) is 17.2 Å². The van der Waals surface area contributed by atoms with Crippen LogP contribution in [0.1, 0.15) is 34.2 Å². The number of hydrogen-bond donors (Lipinski definition) is 2. The van der Waals surface area contributed by atoms with Crippen LogP contribution in [0, 0.1) is 23.5 Å². The van der Waals surface area contributed by atoms with Crippen LogP contribution in [0.3, 0.4) is 0 Å². The van der Waals surface area contributed by atoms with Crippen LogP contribution >= 0.6 is 0 Å². The maximum atomic E-state index is 15.4. The fourth-order valence-electron chi connectivity index (χ4n) is 5.99. The van der Waals surface area contributed by atoms with Crippen LogP contribution in [-0.4, -0.2) is 28.6 Å². The van der Waals surface area contributed by atoms with E-state index in [1.165, 1.54) is 18.2 Å². The van der Waals surface area contributed by atoms with E-state index in [1.54, 1.807) is 71.3 Å². The zero-order valence-corrected chi connectivity index (χ0v) is 24.8. The highest BCUT2D eigenvalue weighted by atomic mass is 19.1. The Hall–Kier alpha value is -5.42. The Bertz CT molecular complexity index is 2100. The second-order valence-corrected chi connectivity index (χ2v) is 10.9. The van der Waals surface area contributed by atoms with Crippen molar-refractivity contribution >= 4 is 27.6 Å². The Labute approximate surface area is 264 Å². The molecule has 2 atom stereocenters. The van der Waals surface area contributed by atoms with Crippen LogP contribution in [-0.2, 0) is 11.3 Å². The molecule has 6 aromatic rings. The molecule has 0 aliphatic carbocycles. The smallest absolute Gasteiger partial charge is 0.197 e. The monoisotopic (exact) mass is 612 g/mol. The number of rotatable bonds is 9. The van der Waals surface area contributed by atoms with E-state index in [1.807, 2.05) is 36.4 Å². The summed E-state index contributed by atoms with van der Waals surface area (Å²) in [5, 5.41) is 13.7. The third kappa shape index (κ3) is 6.22. The first-order chi connectivity index (χ1) is 22.5. The summed E-state index contributed by atoms with van der Waals surface area (Å²) in [5.41, 5.74) is 3.52. The molecule has 1 aromatic heterocycles. The minimum Gasteiger partial charge on any atom is -0.384 e. The van der Waals surface area contributed by atoms with Gasteiger partial charge in [-0.25, -0.2) is 8.78 Å². The van der Waals surface area contributed by atoms with Gasteiger partial charge in [0.1, 0.15) is 18.2 Å². The van der Waals surface area contributed by atoms with Gasteiger partial charge in [0.2, 0.25) is 0 Å². The summed E-state index contributed by atoms with van der Waals surface area (Å²) in [6.07, 6.45) is 0. The number of ketones is 1. The molecule has 0 amide bonds. The highest BCUT2D eigenvalue weighted by molar-refractivity contribution is 5.96. The fourth-order valence-corrected chi connectivity index (χ4v) is 5.99. The normalized spacial score (nSPS) is 12.4. The third-order valence-electron chi connectivity index (χ3n) is 8.17. The van der Waals surface area contributed by atoms with Crippen LogP contribution in [0.15, 0.2) is 126 Å². The SMILES string of the molecule is O=C(Cn1c2ccccc2c(=O)c2ccccc21)C(NC[C@@H](c1ccc(F)cc1)c1ccccc1C#CCO)c1ccccc1F. The summed E-state index contributed by atoms with van der Waals surface area (Å²) in [5.74, 6) is 4.05. The van der Waals surface area contributed by atoms with Crippen LogP contribution in [0.2, 0.25) is 0 Å². The number of hydrogen-bond acceptors (Lipinski definition) is 4. The summed E-state index contributed by atoms with van der Waals surface area (Å²) >= 11 is 0. The van der Waals surface area contributed by atoms with Crippen molar-refractivity contribution in [1.82, 2.24) is 9.88 Å². The minimum absolute atomic E-state index is 0.121. The van der Waals surface area contributed by atoms with E-state index in [-0.39, 0.29) is 42.3 Å². The quantitative estimate of drug-likeness (QED) is 0.144. The highest BCUT2D eigenvalue weighted by Crippen LogP contribution is 2.29. The van der Waals surface area contributed by atoms with Gasteiger partial charge in [-0.1, -0.05) is 84.6 Å². The average Bonchev–Trinajstić information content (AvgIpc) is 3.09. The van der Waals surface area contributed by atoms with Gasteiger partial charge in [0.25, 0.3) is 0 Å². The summed E-state index contributed by atoms with van der Waals surface area (Å²) in [7, 11) is 0. The standard InChI is InChI=1S/C39H30F2N2O3/c40-28-21-19-27(20-22-28)33(29-12-2-1-10-26(29)11-9-23-44)24-42-38(30-13-3-6-16-34(30)41)37(45)25-43-35-17-7-4-14-31(35)39(46)32-15-5-8-18-36(32)43/h1-8,10,12-22,33,38,42,44H,23-25H2/t33-,38?/m0/s1. The zero-order chi connectivity index (χ0) is 32.0. The van der Waals surface area contributed by atoms with Gasteiger partial charge in [-0.15, -0.1) is 0 Å². The van der Waals surface area contributed by atoms with Gasteiger partial charge in [0, 0.05) is 34.4 Å². The molecule has 5 nitrogen and oxygen atoms in total. The lowest BCUT2D eigenvalue weighted by atomic mass is 9.87. The first-order valence-electron chi connectivity index (χ1n) is 14.9. The summed E-state index contributed by atoms with van der Waals surface area (Å²) in [6.45, 7) is -0.265. The molecule has 0 saturated carbocycles. The Morgan fingerprint density at radius 2 is 1.35 bits per heavy atom. The number of benzene rings is 5. The van der Waals surface area contributed by atoms with Gasteiger partial charge >= 0.3 is 0 Å². The van der Waals surface area contributed by atoms with E-state index in [4.69, 9.17) is 0 Å². The number of aromatic nitrogens is 1. The Kier molecular flexibility index (Phi) is 9.11. The summed E-state index contributed by atoms with van der Waals surface area (Å²) in [6, 6.07) is 32.9. The highest BCUT2D eigenvalue weighted by Gasteiger charge is 2.27. The lowest BCUT2D eigenvalue weighted by Crippen LogP contribution is -2.35. The van der Waals surface area contributed by atoms with Gasteiger partial charge in [0.15, 0.2) is 11.2 Å². The largest absolute Gasteiger partial charge is 0.384 e. The number of carbonyl (C=O) groups is 1. The molecule has 0 aliphatic heterocycles. The molecule has 1 unspecified atom stereocenters. The molecule has 7 heteroatoms. The fraction of sp³-hybridized carbons (Fsp3) is 0.128.